The molecule has 112 valence electrons. The Hall–Kier alpha value is -1.93. The van der Waals surface area contributed by atoms with Gasteiger partial charge in [0, 0.05) is 28.2 Å². The van der Waals surface area contributed by atoms with E-state index >= 15 is 0 Å². The van der Waals surface area contributed by atoms with Crippen LogP contribution in [-0.4, -0.2) is 11.0 Å². The molecule has 4 rings (SSSR count). The van der Waals surface area contributed by atoms with Gasteiger partial charge >= 0.3 is 0 Å². The van der Waals surface area contributed by atoms with Gasteiger partial charge in [0.2, 0.25) is 0 Å². The topological polar surface area (TPSA) is 27.8 Å². The number of nitrogens with one attached hydrogen (secondary N) is 2. The number of benzene rings is 2. The van der Waals surface area contributed by atoms with Crippen LogP contribution in [0, 0.1) is 0 Å². The van der Waals surface area contributed by atoms with Gasteiger partial charge in [-0.05, 0) is 30.5 Å². The van der Waals surface area contributed by atoms with E-state index in [1.807, 2.05) is 12.1 Å². The van der Waals surface area contributed by atoms with Gasteiger partial charge in [0.1, 0.15) is 0 Å². The Morgan fingerprint density at radius 3 is 2.59 bits per heavy atom. The second-order valence-corrected chi connectivity index (χ2v) is 6.51. The number of aromatic nitrogens is 1. The van der Waals surface area contributed by atoms with Crippen LogP contribution in [0.5, 0.6) is 0 Å². The molecule has 3 aromatic rings. The highest BCUT2D eigenvalue weighted by atomic mass is 35.5. The Morgan fingerprint density at radius 2 is 1.82 bits per heavy atom. The highest BCUT2D eigenvalue weighted by molar-refractivity contribution is 6.32. The Labute approximate surface area is 135 Å². The molecule has 1 heterocycles. The summed E-state index contributed by atoms with van der Waals surface area (Å²) in [5, 5.41) is 5.64. The fraction of sp³-hybridized carbons (Fsp3) is 0.263. The minimum absolute atomic E-state index is 0.574. The fourth-order valence-electron chi connectivity index (χ4n) is 3.46. The molecule has 2 N–H and O–H groups in total. The van der Waals surface area contributed by atoms with E-state index in [2.05, 4.69) is 46.8 Å². The second-order valence-electron chi connectivity index (χ2n) is 6.07. The number of anilines is 1. The van der Waals surface area contributed by atoms with E-state index in [0.29, 0.717) is 6.04 Å². The van der Waals surface area contributed by atoms with Crippen molar-refractivity contribution in [1.29, 1.82) is 0 Å². The maximum atomic E-state index is 6.37. The van der Waals surface area contributed by atoms with Crippen LogP contribution in [0.1, 0.15) is 25.7 Å². The molecule has 0 spiro atoms. The van der Waals surface area contributed by atoms with Gasteiger partial charge in [0.05, 0.1) is 11.2 Å². The summed E-state index contributed by atoms with van der Waals surface area (Å²) in [6.45, 7) is 0. The van der Waals surface area contributed by atoms with Gasteiger partial charge in [-0.15, -0.1) is 0 Å². The van der Waals surface area contributed by atoms with E-state index in [9.17, 15) is 0 Å². The molecule has 0 amide bonds. The Kier molecular flexibility index (Phi) is 3.55. The maximum absolute atomic E-state index is 6.37. The van der Waals surface area contributed by atoms with Gasteiger partial charge in [-0.3, -0.25) is 0 Å². The Bertz CT molecular complexity index is 786. The molecule has 1 aromatic heterocycles. The molecule has 1 aliphatic rings. The number of rotatable bonds is 3. The van der Waals surface area contributed by atoms with Gasteiger partial charge in [-0.25, -0.2) is 0 Å². The van der Waals surface area contributed by atoms with E-state index in [4.69, 9.17) is 11.6 Å². The summed E-state index contributed by atoms with van der Waals surface area (Å²) in [4.78, 5) is 3.44. The van der Waals surface area contributed by atoms with Crippen molar-refractivity contribution in [3.63, 3.8) is 0 Å². The van der Waals surface area contributed by atoms with Crippen LogP contribution in [0.15, 0.2) is 48.7 Å². The van der Waals surface area contributed by atoms with Gasteiger partial charge < -0.3 is 10.3 Å². The maximum Gasteiger partial charge on any atom is 0.0697 e. The van der Waals surface area contributed by atoms with Crippen molar-refractivity contribution in [2.24, 2.45) is 0 Å². The predicted octanol–water partition coefficient (Wildman–Crippen LogP) is 5.84. The molecule has 0 atom stereocenters. The minimum atomic E-state index is 0.574. The summed E-state index contributed by atoms with van der Waals surface area (Å²) in [6, 6.07) is 15.1. The van der Waals surface area contributed by atoms with Crippen LogP contribution < -0.4 is 5.32 Å². The third-order valence-corrected chi connectivity index (χ3v) is 4.77. The zero-order valence-electron chi connectivity index (χ0n) is 12.4. The van der Waals surface area contributed by atoms with Gasteiger partial charge in [-0.2, -0.15) is 0 Å². The van der Waals surface area contributed by atoms with Gasteiger partial charge in [0.15, 0.2) is 0 Å². The van der Waals surface area contributed by atoms with E-state index in [1.54, 1.807) is 0 Å². The van der Waals surface area contributed by atoms with Crippen LogP contribution >= 0.6 is 11.6 Å². The number of aromatic amines is 1. The lowest BCUT2D eigenvalue weighted by atomic mass is 10.0. The smallest absolute Gasteiger partial charge is 0.0697 e. The van der Waals surface area contributed by atoms with Crippen molar-refractivity contribution in [2.75, 3.05) is 5.32 Å². The molecule has 0 unspecified atom stereocenters. The number of H-pyrrole nitrogens is 1. The first-order valence-corrected chi connectivity index (χ1v) is 8.31. The van der Waals surface area contributed by atoms with Crippen molar-refractivity contribution < 1.29 is 0 Å². The first-order chi connectivity index (χ1) is 10.8. The number of fused-ring (bicyclic) bond motifs is 1. The average molecular weight is 311 g/mol. The SMILES string of the molecule is Clc1cc(NC2CCCC2)c2[nH]cc(-c3ccccc3)c2c1. The monoisotopic (exact) mass is 310 g/mol. The molecule has 0 bridgehead atoms. The lowest BCUT2D eigenvalue weighted by Crippen LogP contribution is -2.14. The molecular weight excluding hydrogens is 292 g/mol. The largest absolute Gasteiger partial charge is 0.381 e. The molecular formula is C19H19ClN2. The molecule has 3 heteroatoms. The normalized spacial score (nSPS) is 15.5. The Morgan fingerprint density at radius 1 is 1.05 bits per heavy atom. The van der Waals surface area contributed by atoms with E-state index in [0.717, 1.165) is 16.2 Å². The average Bonchev–Trinajstić information content (AvgIpc) is 3.17. The lowest BCUT2D eigenvalue weighted by molar-refractivity contribution is 0.756. The molecule has 0 saturated heterocycles. The van der Waals surface area contributed by atoms with E-state index in [1.165, 1.54) is 42.2 Å². The molecule has 2 aromatic carbocycles. The zero-order chi connectivity index (χ0) is 14.9. The van der Waals surface area contributed by atoms with Gasteiger partial charge in [0.25, 0.3) is 0 Å². The predicted molar refractivity (Wildman–Crippen MR) is 94.6 cm³/mol. The molecule has 1 fully saturated rings. The van der Waals surface area contributed by atoms with Crippen LogP contribution in [0.2, 0.25) is 5.02 Å². The quantitative estimate of drug-likeness (QED) is 0.624. The highest BCUT2D eigenvalue weighted by Crippen LogP contribution is 2.36. The summed E-state index contributed by atoms with van der Waals surface area (Å²) in [6.07, 6.45) is 7.22. The fourth-order valence-corrected chi connectivity index (χ4v) is 3.68. The number of halogens is 1. The summed E-state index contributed by atoms with van der Waals surface area (Å²) in [7, 11) is 0. The first kappa shape index (κ1) is 13.7. The molecule has 22 heavy (non-hydrogen) atoms. The number of hydrogen-bond acceptors (Lipinski definition) is 1. The second kappa shape index (κ2) is 5.69. The molecule has 1 aliphatic carbocycles. The number of hydrogen-bond donors (Lipinski definition) is 2. The van der Waals surface area contributed by atoms with Crippen LogP contribution in [0.4, 0.5) is 5.69 Å². The summed E-state index contributed by atoms with van der Waals surface area (Å²) < 4.78 is 0. The first-order valence-electron chi connectivity index (χ1n) is 7.94. The van der Waals surface area contributed by atoms with E-state index < -0.39 is 0 Å². The molecule has 0 radical (unpaired) electrons. The lowest BCUT2D eigenvalue weighted by Gasteiger charge is -2.15. The van der Waals surface area contributed by atoms with Crippen molar-refractivity contribution in [2.45, 2.75) is 31.7 Å². The van der Waals surface area contributed by atoms with Gasteiger partial charge in [-0.1, -0.05) is 54.8 Å². The summed E-state index contributed by atoms with van der Waals surface area (Å²) in [5.74, 6) is 0. The van der Waals surface area contributed by atoms with E-state index in [-0.39, 0.29) is 0 Å². The van der Waals surface area contributed by atoms with Crippen LogP contribution in [0.25, 0.3) is 22.0 Å². The highest BCUT2D eigenvalue weighted by Gasteiger charge is 2.17. The zero-order valence-corrected chi connectivity index (χ0v) is 13.2. The summed E-state index contributed by atoms with van der Waals surface area (Å²) in [5.41, 5.74) is 4.68. The minimum Gasteiger partial charge on any atom is -0.381 e. The summed E-state index contributed by atoms with van der Waals surface area (Å²) >= 11 is 6.37. The van der Waals surface area contributed by atoms with Crippen molar-refractivity contribution in [3.8, 4) is 11.1 Å². The molecule has 1 saturated carbocycles. The Balaban J connectivity index is 1.80. The third kappa shape index (κ3) is 2.48. The molecule has 0 aliphatic heterocycles. The third-order valence-electron chi connectivity index (χ3n) is 4.55. The van der Waals surface area contributed by atoms with Crippen LogP contribution in [-0.2, 0) is 0 Å². The van der Waals surface area contributed by atoms with Crippen LogP contribution in [0.3, 0.4) is 0 Å². The van der Waals surface area contributed by atoms with Crippen molar-refractivity contribution in [1.82, 2.24) is 4.98 Å². The van der Waals surface area contributed by atoms with Crippen molar-refractivity contribution in [3.05, 3.63) is 53.7 Å². The van der Waals surface area contributed by atoms with Crippen molar-refractivity contribution >= 4 is 28.2 Å². The molecule has 2 nitrogen and oxygen atoms in total. The standard InChI is InChI=1S/C19H19ClN2/c20-14-10-16-17(13-6-2-1-3-7-13)12-21-19(16)18(11-14)22-15-8-4-5-9-15/h1-3,6-7,10-12,15,21-22H,4-5,8-9H2.